The summed E-state index contributed by atoms with van der Waals surface area (Å²) in [7, 11) is 0. The number of aryl methyl sites for hydroxylation is 1. The third-order valence-electron chi connectivity index (χ3n) is 6.30. The number of benzene rings is 1. The summed E-state index contributed by atoms with van der Waals surface area (Å²) >= 11 is 0. The first-order valence-electron chi connectivity index (χ1n) is 10.5. The van der Waals surface area contributed by atoms with Crippen LogP contribution in [-0.2, 0) is 16.0 Å². The lowest BCUT2D eigenvalue weighted by molar-refractivity contribution is -0.156. The smallest absolute Gasteiger partial charge is 0.340 e. The number of carbonyl (C=O) groups is 1. The van der Waals surface area contributed by atoms with Crippen LogP contribution in [0.25, 0.3) is 0 Å². The highest BCUT2D eigenvalue weighted by atomic mass is 19.1. The molecule has 3 heteroatoms. The quantitative estimate of drug-likeness (QED) is 0.571. The van der Waals surface area contributed by atoms with Crippen molar-refractivity contribution in [1.29, 1.82) is 0 Å². The molecule has 0 aromatic heterocycles. The largest absolute Gasteiger partial charge is 0.460 e. The van der Waals surface area contributed by atoms with Crippen molar-refractivity contribution in [3.05, 3.63) is 35.4 Å². The Morgan fingerprint density at radius 2 is 1.69 bits per heavy atom. The van der Waals surface area contributed by atoms with Crippen LogP contribution in [0.4, 0.5) is 4.39 Å². The van der Waals surface area contributed by atoms with Gasteiger partial charge in [-0.1, -0.05) is 56.4 Å². The number of esters is 1. The van der Waals surface area contributed by atoms with Gasteiger partial charge in [0.25, 0.3) is 0 Å². The molecule has 0 heterocycles. The maximum atomic E-state index is 12.9. The van der Waals surface area contributed by atoms with Crippen LogP contribution in [0.15, 0.2) is 24.3 Å². The van der Waals surface area contributed by atoms with Crippen molar-refractivity contribution in [2.45, 2.75) is 95.7 Å². The molecule has 2 fully saturated rings. The van der Waals surface area contributed by atoms with Crippen LogP contribution in [0.2, 0.25) is 0 Å². The average Bonchev–Trinajstić information content (AvgIpc) is 2.68. The minimum atomic E-state index is -1.52. The van der Waals surface area contributed by atoms with E-state index in [0.29, 0.717) is 5.92 Å². The molecule has 0 bridgehead atoms. The van der Waals surface area contributed by atoms with E-state index in [0.717, 1.165) is 31.6 Å². The molecule has 0 unspecified atom stereocenters. The molecule has 2 aliphatic rings. The lowest BCUT2D eigenvalue weighted by Crippen LogP contribution is -2.27. The zero-order chi connectivity index (χ0) is 18.4. The van der Waals surface area contributed by atoms with Crippen molar-refractivity contribution >= 4 is 5.97 Å². The molecule has 0 spiro atoms. The first-order chi connectivity index (χ1) is 12.6. The van der Waals surface area contributed by atoms with Gasteiger partial charge in [0.05, 0.1) is 0 Å². The molecule has 1 aromatic rings. The Labute approximate surface area is 157 Å². The fourth-order valence-electron chi connectivity index (χ4n) is 4.58. The summed E-state index contributed by atoms with van der Waals surface area (Å²) in [6.07, 6.45) is 11.7. The van der Waals surface area contributed by atoms with Crippen LogP contribution in [-0.4, -0.2) is 18.2 Å². The zero-order valence-electron chi connectivity index (χ0n) is 16.1. The number of rotatable bonds is 6. The summed E-state index contributed by atoms with van der Waals surface area (Å²) in [5, 5.41) is 0. The van der Waals surface area contributed by atoms with Crippen LogP contribution >= 0.6 is 0 Å². The first kappa shape index (κ1) is 19.4. The third kappa shape index (κ3) is 5.56. The third-order valence-corrected chi connectivity index (χ3v) is 6.30. The minimum absolute atomic E-state index is 0.105. The second-order valence-electron chi connectivity index (χ2n) is 8.31. The van der Waals surface area contributed by atoms with Crippen molar-refractivity contribution in [3.8, 4) is 0 Å². The maximum Gasteiger partial charge on any atom is 0.340 e. The van der Waals surface area contributed by atoms with Crippen LogP contribution in [0.1, 0.15) is 88.2 Å². The molecule has 2 aliphatic carbocycles. The van der Waals surface area contributed by atoms with Gasteiger partial charge in [0.1, 0.15) is 6.10 Å². The van der Waals surface area contributed by atoms with Crippen molar-refractivity contribution in [1.82, 2.24) is 0 Å². The van der Waals surface area contributed by atoms with Gasteiger partial charge in [-0.25, -0.2) is 9.18 Å². The summed E-state index contributed by atoms with van der Waals surface area (Å²) in [5.41, 5.74) is 2.86. The second kappa shape index (κ2) is 9.53. The zero-order valence-corrected chi connectivity index (χ0v) is 16.1. The van der Waals surface area contributed by atoms with E-state index in [-0.39, 0.29) is 6.10 Å². The number of carbonyl (C=O) groups excluding carboxylic acids is 1. The molecular formula is C23H33FO2. The number of halogens is 1. The van der Waals surface area contributed by atoms with Crippen molar-refractivity contribution in [2.75, 3.05) is 0 Å². The van der Waals surface area contributed by atoms with Crippen molar-refractivity contribution in [2.24, 2.45) is 5.92 Å². The summed E-state index contributed by atoms with van der Waals surface area (Å²) in [4.78, 5) is 11.4. The Morgan fingerprint density at radius 3 is 2.31 bits per heavy atom. The summed E-state index contributed by atoms with van der Waals surface area (Å²) < 4.78 is 18.2. The Morgan fingerprint density at radius 1 is 1.04 bits per heavy atom. The van der Waals surface area contributed by atoms with E-state index < -0.39 is 12.1 Å². The molecule has 1 atom stereocenters. The standard InChI is InChI=1S/C23H33FO2/c1-17(24)23(25)26-22-15-13-21(14-16-22)20-11-9-19(10-12-20)8-7-18-5-3-2-4-6-18/h9-12,17-18,21-22H,2-8,13-16H2,1H3/t17-,21?,22?/m0/s1. The molecule has 1 aromatic carbocycles. The van der Waals surface area contributed by atoms with Crippen LogP contribution in [0, 0.1) is 5.92 Å². The molecule has 0 saturated heterocycles. The highest BCUT2D eigenvalue weighted by Crippen LogP contribution is 2.34. The molecule has 26 heavy (non-hydrogen) atoms. The Balaban J connectivity index is 1.43. The fourth-order valence-corrected chi connectivity index (χ4v) is 4.58. The SMILES string of the molecule is C[C@H](F)C(=O)OC1CCC(c2ccc(CCC3CCCCC3)cc2)CC1. The monoisotopic (exact) mass is 360 g/mol. The van der Waals surface area contributed by atoms with Gasteiger partial charge >= 0.3 is 5.97 Å². The van der Waals surface area contributed by atoms with Gasteiger partial charge in [-0.15, -0.1) is 0 Å². The lowest BCUT2D eigenvalue weighted by Gasteiger charge is -2.29. The predicted octanol–water partition coefficient (Wildman–Crippen LogP) is 6.13. The van der Waals surface area contributed by atoms with E-state index in [2.05, 4.69) is 24.3 Å². The van der Waals surface area contributed by atoms with Gasteiger partial charge in [0.2, 0.25) is 0 Å². The van der Waals surface area contributed by atoms with Crippen LogP contribution in [0.3, 0.4) is 0 Å². The maximum absolute atomic E-state index is 12.9. The van der Waals surface area contributed by atoms with E-state index in [9.17, 15) is 9.18 Å². The highest BCUT2D eigenvalue weighted by Gasteiger charge is 2.26. The molecule has 144 valence electrons. The number of alkyl halides is 1. The topological polar surface area (TPSA) is 26.3 Å². The number of hydrogen-bond donors (Lipinski definition) is 0. The van der Waals surface area contributed by atoms with E-state index >= 15 is 0 Å². The Hall–Kier alpha value is -1.38. The Kier molecular flexibility index (Phi) is 7.10. The minimum Gasteiger partial charge on any atom is -0.460 e. The summed E-state index contributed by atoms with van der Waals surface area (Å²) in [6.45, 7) is 1.24. The van der Waals surface area contributed by atoms with Crippen LogP contribution < -0.4 is 0 Å². The lowest BCUT2D eigenvalue weighted by atomic mass is 9.82. The molecule has 0 aliphatic heterocycles. The van der Waals surface area contributed by atoms with Crippen molar-refractivity contribution in [3.63, 3.8) is 0 Å². The summed E-state index contributed by atoms with van der Waals surface area (Å²) in [6, 6.07) is 9.18. The number of ether oxygens (including phenoxy) is 1. The van der Waals surface area contributed by atoms with Gasteiger partial charge in [-0.3, -0.25) is 0 Å². The van der Waals surface area contributed by atoms with Gasteiger partial charge in [0, 0.05) is 0 Å². The van der Waals surface area contributed by atoms with Crippen LogP contribution in [0.5, 0.6) is 0 Å². The molecule has 2 saturated carbocycles. The molecular weight excluding hydrogens is 327 g/mol. The van der Waals surface area contributed by atoms with Gasteiger partial charge < -0.3 is 4.74 Å². The van der Waals surface area contributed by atoms with E-state index in [1.807, 2.05) is 0 Å². The first-order valence-corrected chi connectivity index (χ1v) is 10.5. The van der Waals surface area contributed by atoms with E-state index in [1.54, 1.807) is 0 Å². The van der Waals surface area contributed by atoms with Gasteiger partial charge in [0.15, 0.2) is 6.17 Å². The van der Waals surface area contributed by atoms with Crippen molar-refractivity contribution < 1.29 is 13.9 Å². The summed E-state index contributed by atoms with van der Waals surface area (Å²) in [5.74, 6) is 0.768. The molecule has 0 radical (unpaired) electrons. The average molecular weight is 361 g/mol. The molecule has 3 rings (SSSR count). The Bertz CT molecular complexity index is 552. The predicted molar refractivity (Wildman–Crippen MR) is 103 cm³/mol. The fraction of sp³-hybridized carbons (Fsp3) is 0.696. The molecule has 0 amide bonds. The molecule has 2 nitrogen and oxygen atoms in total. The normalized spacial score (nSPS) is 25.6. The van der Waals surface area contributed by atoms with E-state index in [4.69, 9.17) is 4.74 Å². The van der Waals surface area contributed by atoms with Gasteiger partial charge in [-0.2, -0.15) is 0 Å². The second-order valence-corrected chi connectivity index (χ2v) is 8.31. The highest BCUT2D eigenvalue weighted by molar-refractivity contribution is 5.74. The van der Waals surface area contributed by atoms with Gasteiger partial charge in [-0.05, 0) is 68.4 Å². The number of hydrogen-bond acceptors (Lipinski definition) is 2. The van der Waals surface area contributed by atoms with E-state index in [1.165, 1.54) is 63.0 Å². The molecule has 0 N–H and O–H groups in total.